The minimum Gasteiger partial charge on any atom is -0.0620 e. The number of fused-ring (bicyclic) bond motifs is 6. The fourth-order valence-electron chi connectivity index (χ4n) is 5.96. The highest BCUT2D eigenvalue weighted by Gasteiger charge is 2.29. The van der Waals surface area contributed by atoms with Gasteiger partial charge in [0, 0.05) is 0 Å². The zero-order valence-electron chi connectivity index (χ0n) is 16.9. The molecule has 30 heavy (non-hydrogen) atoms. The van der Waals surface area contributed by atoms with E-state index in [2.05, 4.69) is 91.0 Å². The number of hydrogen-bond donors (Lipinski definition) is 0. The van der Waals surface area contributed by atoms with Crippen LogP contribution in [0.25, 0.3) is 43.8 Å². The molecule has 5 aromatic rings. The summed E-state index contributed by atoms with van der Waals surface area (Å²) in [4.78, 5) is 0. The summed E-state index contributed by atoms with van der Waals surface area (Å²) in [6, 6.07) is 34.1. The third-order valence-corrected chi connectivity index (χ3v) is 7.33. The van der Waals surface area contributed by atoms with Crippen LogP contribution < -0.4 is 0 Å². The van der Waals surface area contributed by atoms with Crippen molar-refractivity contribution in [3.05, 3.63) is 108 Å². The molecule has 2 aliphatic carbocycles. The lowest BCUT2D eigenvalue weighted by Gasteiger charge is -2.27. The molecule has 2 aliphatic rings. The molecule has 0 aliphatic heterocycles. The minimum absolute atomic E-state index is 0.581. The summed E-state index contributed by atoms with van der Waals surface area (Å²) in [5.74, 6) is 0.581. The van der Waals surface area contributed by atoms with E-state index in [1.165, 1.54) is 67.8 Å². The van der Waals surface area contributed by atoms with Crippen LogP contribution in [0.1, 0.15) is 29.0 Å². The molecule has 142 valence electrons. The first-order chi connectivity index (χ1) is 14.9. The monoisotopic (exact) mass is 382 g/mol. The summed E-state index contributed by atoms with van der Waals surface area (Å²) in [5, 5.41) is 5.54. The van der Waals surface area contributed by atoms with Gasteiger partial charge in [0.1, 0.15) is 0 Å². The van der Waals surface area contributed by atoms with Crippen molar-refractivity contribution < 1.29 is 0 Å². The summed E-state index contributed by atoms with van der Waals surface area (Å²) in [5.41, 5.74) is 10.4. The van der Waals surface area contributed by atoms with Crippen molar-refractivity contribution in [3.8, 4) is 22.3 Å². The van der Waals surface area contributed by atoms with Gasteiger partial charge in [0.15, 0.2) is 0 Å². The van der Waals surface area contributed by atoms with Crippen molar-refractivity contribution in [2.45, 2.75) is 25.2 Å². The second kappa shape index (κ2) is 6.06. The molecule has 0 bridgehead atoms. The standard InChI is InChI=1S/C30H22/c1-2-8-22-18-23(13-12-19(22)6-1)25-16-15-21-9-5-11-26-27-17-14-20-7-3-4-10-24(20)29(27)30(25)28(21)26/h1-11,14-17,23H,12-13,18H2. The van der Waals surface area contributed by atoms with E-state index in [0.29, 0.717) is 5.92 Å². The molecule has 0 nitrogen and oxygen atoms in total. The van der Waals surface area contributed by atoms with Crippen molar-refractivity contribution in [1.82, 2.24) is 0 Å². The molecule has 0 aromatic heterocycles. The van der Waals surface area contributed by atoms with E-state index in [1.54, 1.807) is 5.56 Å². The maximum absolute atomic E-state index is 2.43. The quantitative estimate of drug-likeness (QED) is 0.271. The molecule has 0 radical (unpaired) electrons. The zero-order chi connectivity index (χ0) is 19.7. The second-order valence-corrected chi connectivity index (χ2v) is 8.85. The molecule has 0 saturated carbocycles. The van der Waals surface area contributed by atoms with Gasteiger partial charge in [-0.05, 0) is 85.7 Å². The predicted octanol–water partition coefficient (Wildman–Crippen LogP) is 7.91. The lowest BCUT2D eigenvalue weighted by Crippen LogP contribution is -2.13. The predicted molar refractivity (Wildman–Crippen MR) is 127 cm³/mol. The molecule has 0 spiro atoms. The molecular formula is C30H22. The van der Waals surface area contributed by atoms with Gasteiger partial charge < -0.3 is 0 Å². The number of hydrogen-bond acceptors (Lipinski definition) is 0. The third-order valence-electron chi connectivity index (χ3n) is 7.33. The molecule has 1 atom stereocenters. The fourth-order valence-corrected chi connectivity index (χ4v) is 5.96. The minimum atomic E-state index is 0.581. The Labute approximate surface area is 176 Å². The normalized spacial score (nSPS) is 16.6. The van der Waals surface area contributed by atoms with E-state index in [0.717, 1.165) is 6.42 Å². The van der Waals surface area contributed by atoms with Gasteiger partial charge in [-0.3, -0.25) is 0 Å². The maximum atomic E-state index is 2.43. The Bertz CT molecular complexity index is 1470. The Kier molecular flexibility index (Phi) is 3.32. The lowest BCUT2D eigenvalue weighted by atomic mass is 9.77. The summed E-state index contributed by atoms with van der Waals surface area (Å²) >= 11 is 0. The Hall–Kier alpha value is -3.38. The van der Waals surface area contributed by atoms with Crippen molar-refractivity contribution in [2.75, 3.05) is 0 Å². The largest absolute Gasteiger partial charge is 0.0620 e. The van der Waals surface area contributed by atoms with Crippen LogP contribution in [0, 0.1) is 0 Å². The number of rotatable bonds is 1. The van der Waals surface area contributed by atoms with Crippen molar-refractivity contribution >= 4 is 21.5 Å². The number of aryl methyl sites for hydroxylation is 1. The van der Waals surface area contributed by atoms with Crippen LogP contribution in [0.4, 0.5) is 0 Å². The first kappa shape index (κ1) is 16.4. The highest BCUT2D eigenvalue weighted by atomic mass is 14.3. The summed E-state index contributed by atoms with van der Waals surface area (Å²) in [6.45, 7) is 0. The van der Waals surface area contributed by atoms with E-state index in [1.807, 2.05) is 0 Å². The van der Waals surface area contributed by atoms with Gasteiger partial charge in [0.05, 0.1) is 0 Å². The average Bonchev–Trinajstić information content (AvgIpc) is 3.16. The molecule has 0 amide bonds. The first-order valence-corrected chi connectivity index (χ1v) is 11.0. The summed E-state index contributed by atoms with van der Waals surface area (Å²) in [6.07, 6.45) is 3.57. The van der Waals surface area contributed by atoms with Gasteiger partial charge in [-0.25, -0.2) is 0 Å². The molecule has 0 fully saturated rings. The highest BCUT2D eigenvalue weighted by Crippen LogP contribution is 2.53. The van der Waals surface area contributed by atoms with Crippen molar-refractivity contribution in [1.29, 1.82) is 0 Å². The third kappa shape index (κ3) is 2.17. The first-order valence-electron chi connectivity index (χ1n) is 11.0. The Balaban J connectivity index is 1.53. The molecule has 0 saturated heterocycles. The number of benzene rings is 5. The van der Waals surface area contributed by atoms with Crippen molar-refractivity contribution in [2.24, 2.45) is 0 Å². The van der Waals surface area contributed by atoms with E-state index in [-0.39, 0.29) is 0 Å². The van der Waals surface area contributed by atoms with Crippen LogP contribution in [-0.4, -0.2) is 0 Å². The van der Waals surface area contributed by atoms with Crippen LogP contribution in [0.15, 0.2) is 91.0 Å². The topological polar surface area (TPSA) is 0 Å². The van der Waals surface area contributed by atoms with Gasteiger partial charge in [0.25, 0.3) is 0 Å². The SMILES string of the molecule is c1ccc2c(c1)CCC(c1ccc3cccc4c3c1-c1c-4ccc3ccccc13)C2. The van der Waals surface area contributed by atoms with Gasteiger partial charge >= 0.3 is 0 Å². The van der Waals surface area contributed by atoms with Gasteiger partial charge in [0.2, 0.25) is 0 Å². The molecule has 0 N–H and O–H groups in total. The van der Waals surface area contributed by atoms with E-state index in [9.17, 15) is 0 Å². The fraction of sp³-hybridized carbons (Fsp3) is 0.133. The molecule has 0 heterocycles. The Morgan fingerprint density at radius 1 is 0.567 bits per heavy atom. The van der Waals surface area contributed by atoms with Crippen molar-refractivity contribution in [3.63, 3.8) is 0 Å². The van der Waals surface area contributed by atoms with Gasteiger partial charge in [-0.15, -0.1) is 0 Å². The second-order valence-electron chi connectivity index (χ2n) is 8.85. The lowest BCUT2D eigenvalue weighted by molar-refractivity contribution is 0.586. The van der Waals surface area contributed by atoms with Crippen LogP contribution in [-0.2, 0) is 12.8 Å². The summed E-state index contributed by atoms with van der Waals surface area (Å²) in [7, 11) is 0. The molecule has 1 unspecified atom stereocenters. The van der Waals surface area contributed by atoms with Crippen LogP contribution in [0.5, 0.6) is 0 Å². The van der Waals surface area contributed by atoms with Gasteiger partial charge in [-0.2, -0.15) is 0 Å². The zero-order valence-corrected chi connectivity index (χ0v) is 16.9. The van der Waals surface area contributed by atoms with Crippen LogP contribution >= 0.6 is 0 Å². The maximum Gasteiger partial charge on any atom is -0.00173 e. The van der Waals surface area contributed by atoms with Gasteiger partial charge in [-0.1, -0.05) is 91.0 Å². The van der Waals surface area contributed by atoms with Crippen LogP contribution in [0.3, 0.4) is 0 Å². The Morgan fingerprint density at radius 2 is 1.37 bits per heavy atom. The van der Waals surface area contributed by atoms with E-state index >= 15 is 0 Å². The summed E-state index contributed by atoms with van der Waals surface area (Å²) < 4.78 is 0. The van der Waals surface area contributed by atoms with E-state index in [4.69, 9.17) is 0 Å². The molecular weight excluding hydrogens is 360 g/mol. The highest BCUT2D eigenvalue weighted by molar-refractivity contribution is 6.22. The molecule has 5 aromatic carbocycles. The van der Waals surface area contributed by atoms with Crippen LogP contribution in [0.2, 0.25) is 0 Å². The van der Waals surface area contributed by atoms with E-state index < -0.39 is 0 Å². The average molecular weight is 383 g/mol. The molecule has 0 heteroatoms. The Morgan fingerprint density at radius 3 is 2.33 bits per heavy atom. The molecule has 7 rings (SSSR count). The smallest absolute Gasteiger partial charge is 0.00173 e.